The van der Waals surface area contributed by atoms with E-state index >= 15 is 0 Å². The van der Waals surface area contributed by atoms with Crippen molar-refractivity contribution in [3.63, 3.8) is 0 Å². The van der Waals surface area contributed by atoms with Crippen LogP contribution in [0.4, 0.5) is 0 Å². The molecule has 7 nitrogen and oxygen atoms in total. The number of aliphatic imine (C=N–C) groups is 1. The summed E-state index contributed by atoms with van der Waals surface area (Å²) in [5.41, 5.74) is 4.68. The number of rotatable bonds is 5. The molecule has 0 spiro atoms. The van der Waals surface area contributed by atoms with Gasteiger partial charge in [-0.1, -0.05) is 6.92 Å². The number of amides is 1. The topological polar surface area (TPSA) is 97.0 Å². The van der Waals surface area contributed by atoms with Crippen molar-refractivity contribution >= 4 is 17.8 Å². The van der Waals surface area contributed by atoms with Crippen LogP contribution in [0.25, 0.3) is 0 Å². The highest BCUT2D eigenvalue weighted by Crippen LogP contribution is 2.24. The van der Waals surface area contributed by atoms with Gasteiger partial charge in [0.2, 0.25) is 5.91 Å². The summed E-state index contributed by atoms with van der Waals surface area (Å²) >= 11 is 0. The second-order valence-corrected chi connectivity index (χ2v) is 6.43. The lowest BCUT2D eigenvalue weighted by molar-refractivity contribution is -0.146. The van der Waals surface area contributed by atoms with E-state index in [1.54, 1.807) is 13.8 Å². The van der Waals surface area contributed by atoms with Crippen LogP contribution in [0, 0.1) is 17.3 Å². The summed E-state index contributed by atoms with van der Waals surface area (Å²) in [6.45, 7) is 9.85. The van der Waals surface area contributed by atoms with E-state index in [2.05, 4.69) is 10.3 Å². The molecule has 1 rings (SSSR count). The first-order valence-electron chi connectivity index (χ1n) is 7.64. The molecule has 0 bridgehead atoms. The van der Waals surface area contributed by atoms with Gasteiger partial charge < -0.3 is 20.7 Å². The van der Waals surface area contributed by atoms with Gasteiger partial charge >= 0.3 is 5.97 Å². The SMILES string of the molecule is CCNC(=NCC(C)(C)C(N)=O)N1CC(C)C(C(=O)OC)C1. The van der Waals surface area contributed by atoms with Gasteiger partial charge in [0.05, 0.1) is 25.0 Å². The first-order chi connectivity index (χ1) is 10.2. The molecule has 1 aliphatic heterocycles. The van der Waals surface area contributed by atoms with Gasteiger partial charge in [0.25, 0.3) is 0 Å². The number of methoxy groups -OCH3 is 1. The number of carbonyl (C=O) groups is 2. The number of ether oxygens (including phenoxy) is 1. The van der Waals surface area contributed by atoms with Crippen molar-refractivity contribution in [3.05, 3.63) is 0 Å². The molecule has 1 fully saturated rings. The fourth-order valence-corrected chi connectivity index (χ4v) is 2.37. The molecule has 0 aromatic carbocycles. The van der Waals surface area contributed by atoms with E-state index in [9.17, 15) is 9.59 Å². The molecule has 2 unspecified atom stereocenters. The molecule has 2 atom stereocenters. The molecule has 0 aromatic heterocycles. The molecule has 1 amide bonds. The average molecular weight is 312 g/mol. The van der Waals surface area contributed by atoms with Gasteiger partial charge in [-0.25, -0.2) is 0 Å². The molecule has 1 heterocycles. The summed E-state index contributed by atoms with van der Waals surface area (Å²) in [6.07, 6.45) is 0. The fourth-order valence-electron chi connectivity index (χ4n) is 2.37. The summed E-state index contributed by atoms with van der Waals surface area (Å²) in [6, 6.07) is 0. The monoisotopic (exact) mass is 312 g/mol. The van der Waals surface area contributed by atoms with Crippen LogP contribution in [0.1, 0.15) is 27.7 Å². The Morgan fingerprint density at radius 3 is 2.55 bits per heavy atom. The van der Waals surface area contributed by atoms with Crippen molar-refractivity contribution in [2.24, 2.45) is 28.0 Å². The maximum atomic E-state index is 11.8. The second-order valence-electron chi connectivity index (χ2n) is 6.43. The van der Waals surface area contributed by atoms with Crippen molar-refractivity contribution in [2.75, 3.05) is 33.3 Å². The van der Waals surface area contributed by atoms with Gasteiger partial charge in [-0.2, -0.15) is 0 Å². The Morgan fingerprint density at radius 2 is 2.05 bits per heavy atom. The minimum Gasteiger partial charge on any atom is -0.469 e. The summed E-state index contributed by atoms with van der Waals surface area (Å²) in [5, 5.41) is 3.21. The summed E-state index contributed by atoms with van der Waals surface area (Å²) in [5.74, 6) is 0.172. The normalized spacial score (nSPS) is 22.6. The quantitative estimate of drug-likeness (QED) is 0.429. The minimum absolute atomic E-state index is 0.155. The van der Waals surface area contributed by atoms with Crippen LogP contribution < -0.4 is 11.1 Å². The molecule has 1 saturated heterocycles. The molecule has 1 aliphatic rings. The lowest BCUT2D eigenvalue weighted by Gasteiger charge is -2.24. The van der Waals surface area contributed by atoms with E-state index < -0.39 is 5.41 Å². The molecule has 0 aliphatic carbocycles. The minimum atomic E-state index is -0.701. The van der Waals surface area contributed by atoms with Gasteiger partial charge in [-0.05, 0) is 26.7 Å². The number of nitrogens with two attached hydrogens (primary N) is 1. The van der Waals surface area contributed by atoms with Crippen molar-refractivity contribution in [2.45, 2.75) is 27.7 Å². The number of likely N-dealkylation sites (tertiary alicyclic amines) is 1. The molecule has 0 radical (unpaired) electrons. The third-order valence-corrected chi connectivity index (χ3v) is 4.04. The summed E-state index contributed by atoms with van der Waals surface area (Å²) in [7, 11) is 1.41. The van der Waals surface area contributed by atoms with Gasteiger partial charge in [0.1, 0.15) is 0 Å². The zero-order chi connectivity index (χ0) is 16.9. The van der Waals surface area contributed by atoms with E-state index in [1.807, 2.05) is 18.7 Å². The number of hydrogen-bond donors (Lipinski definition) is 2. The zero-order valence-corrected chi connectivity index (χ0v) is 14.2. The number of hydrogen-bond acceptors (Lipinski definition) is 4. The standard InChI is InChI=1S/C15H28N4O3/c1-6-17-14(18-9-15(3,4)13(16)21)19-7-10(2)11(8-19)12(20)22-5/h10-11H,6-9H2,1-5H3,(H2,16,21)(H,17,18). The molecule has 22 heavy (non-hydrogen) atoms. The maximum Gasteiger partial charge on any atom is 0.310 e. The highest BCUT2D eigenvalue weighted by Gasteiger charge is 2.37. The van der Waals surface area contributed by atoms with Crippen LogP contribution >= 0.6 is 0 Å². The van der Waals surface area contributed by atoms with Crippen molar-refractivity contribution in [3.8, 4) is 0 Å². The number of nitrogens with one attached hydrogen (secondary N) is 1. The van der Waals surface area contributed by atoms with Gasteiger partial charge in [0.15, 0.2) is 5.96 Å². The van der Waals surface area contributed by atoms with Crippen molar-refractivity contribution in [1.82, 2.24) is 10.2 Å². The van der Waals surface area contributed by atoms with Crippen LogP contribution in [-0.4, -0.2) is 56.0 Å². The molecular formula is C15H28N4O3. The second kappa shape index (κ2) is 7.47. The Balaban J connectivity index is 2.84. The Hall–Kier alpha value is -1.79. The van der Waals surface area contributed by atoms with E-state index in [-0.39, 0.29) is 23.7 Å². The predicted octanol–water partition coefficient (Wildman–Crippen LogP) is 0.204. The zero-order valence-electron chi connectivity index (χ0n) is 14.2. The van der Waals surface area contributed by atoms with Crippen molar-refractivity contribution in [1.29, 1.82) is 0 Å². The third-order valence-electron chi connectivity index (χ3n) is 4.04. The first kappa shape index (κ1) is 18.3. The van der Waals surface area contributed by atoms with Crippen LogP contribution in [0.3, 0.4) is 0 Å². The largest absolute Gasteiger partial charge is 0.469 e. The maximum absolute atomic E-state index is 11.8. The molecular weight excluding hydrogens is 284 g/mol. The Kier molecular flexibility index (Phi) is 6.20. The molecule has 7 heteroatoms. The number of primary amides is 1. The lowest BCUT2D eigenvalue weighted by atomic mass is 9.93. The Labute approximate surface area is 132 Å². The van der Waals surface area contributed by atoms with Crippen LogP contribution in [0.15, 0.2) is 4.99 Å². The highest BCUT2D eigenvalue weighted by molar-refractivity contribution is 5.84. The molecule has 0 saturated carbocycles. The number of nitrogens with zero attached hydrogens (tertiary/aromatic N) is 2. The molecule has 3 N–H and O–H groups in total. The van der Waals surface area contributed by atoms with E-state index in [4.69, 9.17) is 10.5 Å². The fraction of sp³-hybridized carbons (Fsp3) is 0.800. The Bertz CT molecular complexity index is 448. The molecule has 126 valence electrons. The van der Waals surface area contributed by atoms with Crippen LogP contribution in [0.5, 0.6) is 0 Å². The smallest absolute Gasteiger partial charge is 0.310 e. The van der Waals surface area contributed by atoms with E-state index in [0.29, 0.717) is 25.6 Å². The number of carbonyl (C=O) groups excluding carboxylic acids is 2. The lowest BCUT2D eigenvalue weighted by Crippen LogP contribution is -2.42. The van der Waals surface area contributed by atoms with Gasteiger partial charge in [-0.15, -0.1) is 0 Å². The summed E-state index contributed by atoms with van der Waals surface area (Å²) < 4.78 is 4.85. The van der Waals surface area contributed by atoms with Crippen LogP contribution in [-0.2, 0) is 14.3 Å². The van der Waals surface area contributed by atoms with Crippen molar-refractivity contribution < 1.29 is 14.3 Å². The summed E-state index contributed by atoms with van der Waals surface area (Å²) in [4.78, 5) is 29.7. The highest BCUT2D eigenvalue weighted by atomic mass is 16.5. The Morgan fingerprint density at radius 1 is 1.41 bits per heavy atom. The first-order valence-corrected chi connectivity index (χ1v) is 7.64. The molecule has 0 aromatic rings. The number of guanidine groups is 1. The van der Waals surface area contributed by atoms with Gasteiger partial charge in [-0.3, -0.25) is 14.6 Å². The van der Waals surface area contributed by atoms with Gasteiger partial charge in [0, 0.05) is 19.6 Å². The third kappa shape index (κ3) is 4.35. The average Bonchev–Trinajstić information content (AvgIpc) is 2.84. The van der Waals surface area contributed by atoms with Crippen LogP contribution in [0.2, 0.25) is 0 Å². The predicted molar refractivity (Wildman–Crippen MR) is 85.2 cm³/mol. The number of esters is 1. The van der Waals surface area contributed by atoms with E-state index in [0.717, 1.165) is 6.54 Å². The van der Waals surface area contributed by atoms with E-state index in [1.165, 1.54) is 7.11 Å².